The van der Waals surface area contributed by atoms with Crippen LogP contribution in [0.2, 0.25) is 0 Å². The molecule has 18 heavy (non-hydrogen) atoms. The monoisotopic (exact) mass is 239 g/mol. The molecule has 1 aromatic carbocycles. The third-order valence-electron chi connectivity index (χ3n) is 5.58. The van der Waals surface area contributed by atoms with Gasteiger partial charge in [0, 0.05) is 11.5 Å². The molecule has 4 rings (SSSR count). The minimum absolute atomic E-state index is 0.449. The van der Waals surface area contributed by atoms with Crippen LogP contribution in [0.1, 0.15) is 36.0 Å². The predicted molar refractivity (Wildman–Crippen MR) is 74.8 cm³/mol. The summed E-state index contributed by atoms with van der Waals surface area (Å²) in [5.74, 6) is 0.825. The highest BCUT2D eigenvalue weighted by atomic mass is 15.0. The van der Waals surface area contributed by atoms with Crippen molar-refractivity contribution in [2.75, 3.05) is 6.54 Å². The Labute approximate surface area is 109 Å². The van der Waals surface area contributed by atoms with E-state index in [4.69, 9.17) is 0 Å². The van der Waals surface area contributed by atoms with Crippen molar-refractivity contribution in [3.05, 3.63) is 47.0 Å². The van der Waals surface area contributed by atoms with Gasteiger partial charge in [-0.3, -0.25) is 0 Å². The summed E-state index contributed by atoms with van der Waals surface area (Å²) in [5.41, 5.74) is 5.26. The summed E-state index contributed by atoms with van der Waals surface area (Å²) in [4.78, 5) is 0. The lowest BCUT2D eigenvalue weighted by atomic mass is 9.54. The highest BCUT2D eigenvalue weighted by Gasteiger charge is 2.50. The van der Waals surface area contributed by atoms with Crippen LogP contribution in [0.15, 0.2) is 30.4 Å². The van der Waals surface area contributed by atoms with Crippen molar-refractivity contribution in [3.63, 3.8) is 0 Å². The van der Waals surface area contributed by atoms with E-state index in [0.29, 0.717) is 11.5 Å². The molecule has 1 aliphatic heterocycles. The Morgan fingerprint density at radius 2 is 2.22 bits per heavy atom. The van der Waals surface area contributed by atoms with Gasteiger partial charge in [-0.2, -0.15) is 0 Å². The van der Waals surface area contributed by atoms with Gasteiger partial charge in [0.05, 0.1) is 0 Å². The second-order valence-electron chi connectivity index (χ2n) is 6.29. The first kappa shape index (κ1) is 10.8. The molecule has 2 aliphatic carbocycles. The maximum absolute atomic E-state index is 3.78. The van der Waals surface area contributed by atoms with Crippen LogP contribution in [0.25, 0.3) is 0 Å². The lowest BCUT2D eigenvalue weighted by molar-refractivity contribution is 0.123. The summed E-state index contributed by atoms with van der Waals surface area (Å²) in [6, 6.07) is 7.67. The Morgan fingerprint density at radius 3 is 3.17 bits per heavy atom. The molecule has 0 unspecified atom stereocenters. The second-order valence-corrected chi connectivity index (χ2v) is 6.29. The van der Waals surface area contributed by atoms with Crippen molar-refractivity contribution in [1.29, 1.82) is 0 Å². The Hall–Kier alpha value is -1.08. The molecule has 0 radical (unpaired) electrons. The Bertz CT molecular complexity index is 516. The van der Waals surface area contributed by atoms with Crippen LogP contribution in [-0.4, -0.2) is 12.6 Å². The lowest BCUT2D eigenvalue weighted by Gasteiger charge is -2.54. The summed E-state index contributed by atoms with van der Waals surface area (Å²) >= 11 is 0. The maximum atomic E-state index is 3.78. The first-order valence-electron chi connectivity index (χ1n) is 7.29. The number of hydrogen-bond donors (Lipinski definition) is 1. The second kappa shape index (κ2) is 3.71. The average Bonchev–Trinajstić information content (AvgIpc) is 2.40. The number of rotatable bonds is 0. The molecule has 2 bridgehead atoms. The Balaban J connectivity index is 1.96. The highest BCUT2D eigenvalue weighted by Crippen LogP contribution is 2.52. The van der Waals surface area contributed by atoms with Crippen LogP contribution < -0.4 is 5.32 Å². The van der Waals surface area contributed by atoms with Gasteiger partial charge in [0.15, 0.2) is 0 Å². The van der Waals surface area contributed by atoms with Crippen molar-refractivity contribution in [2.24, 2.45) is 5.92 Å². The van der Waals surface area contributed by atoms with Crippen LogP contribution in [0, 0.1) is 12.8 Å². The van der Waals surface area contributed by atoms with Crippen molar-refractivity contribution < 1.29 is 0 Å². The van der Waals surface area contributed by atoms with Crippen molar-refractivity contribution in [3.8, 4) is 0 Å². The van der Waals surface area contributed by atoms with E-state index in [-0.39, 0.29) is 0 Å². The van der Waals surface area contributed by atoms with Gasteiger partial charge in [-0.25, -0.2) is 0 Å². The fourth-order valence-electron chi connectivity index (χ4n) is 4.69. The predicted octanol–water partition coefficient (Wildman–Crippen LogP) is 3.12. The molecule has 3 aliphatic rings. The first-order chi connectivity index (χ1) is 8.81. The zero-order valence-corrected chi connectivity index (χ0v) is 11.1. The molecule has 1 heterocycles. The molecule has 1 N–H and O–H groups in total. The molecule has 1 saturated heterocycles. The molecule has 1 heteroatoms. The van der Waals surface area contributed by atoms with E-state index in [1.807, 2.05) is 0 Å². The third-order valence-corrected chi connectivity index (χ3v) is 5.58. The largest absolute Gasteiger partial charge is 0.313 e. The van der Waals surface area contributed by atoms with Gasteiger partial charge in [0.25, 0.3) is 0 Å². The highest BCUT2D eigenvalue weighted by molar-refractivity contribution is 5.46. The molecule has 0 saturated carbocycles. The number of piperidine rings is 1. The summed E-state index contributed by atoms with van der Waals surface area (Å²) in [5, 5.41) is 3.78. The molecule has 3 atom stereocenters. The first-order valence-corrected chi connectivity index (χ1v) is 7.29. The quantitative estimate of drug-likeness (QED) is 0.686. The van der Waals surface area contributed by atoms with Crippen molar-refractivity contribution in [1.82, 2.24) is 5.32 Å². The zero-order chi connectivity index (χ0) is 12.2. The van der Waals surface area contributed by atoms with E-state index < -0.39 is 0 Å². The zero-order valence-electron chi connectivity index (χ0n) is 11.1. The van der Waals surface area contributed by atoms with E-state index >= 15 is 0 Å². The molecule has 94 valence electrons. The van der Waals surface area contributed by atoms with Crippen molar-refractivity contribution >= 4 is 0 Å². The SMILES string of the molecule is Cc1cccc2c1C[C@H]1NCC[C@@]23CC=CC[C@@H]13. The van der Waals surface area contributed by atoms with Crippen molar-refractivity contribution in [2.45, 2.75) is 44.1 Å². The van der Waals surface area contributed by atoms with Gasteiger partial charge in [0.2, 0.25) is 0 Å². The van der Waals surface area contributed by atoms with E-state index in [2.05, 4.69) is 42.6 Å². The molecule has 0 spiro atoms. The molecule has 0 amide bonds. The fraction of sp³-hybridized carbons (Fsp3) is 0.529. The van der Waals surface area contributed by atoms with E-state index in [0.717, 1.165) is 5.92 Å². The van der Waals surface area contributed by atoms with Crippen LogP contribution in [-0.2, 0) is 11.8 Å². The van der Waals surface area contributed by atoms with Gasteiger partial charge in [-0.1, -0.05) is 30.4 Å². The van der Waals surface area contributed by atoms with Gasteiger partial charge in [-0.05, 0) is 61.8 Å². The Kier molecular flexibility index (Phi) is 2.23. The van der Waals surface area contributed by atoms with E-state index in [1.165, 1.54) is 37.8 Å². The number of allylic oxidation sites excluding steroid dienone is 2. The Morgan fingerprint density at radius 1 is 1.28 bits per heavy atom. The van der Waals surface area contributed by atoms with Gasteiger partial charge < -0.3 is 5.32 Å². The smallest absolute Gasteiger partial charge is 0.0147 e. The summed E-state index contributed by atoms with van der Waals surface area (Å²) < 4.78 is 0. The minimum atomic E-state index is 0.449. The number of fused-ring (bicyclic) bond motifs is 1. The van der Waals surface area contributed by atoms with Crippen LogP contribution in [0.5, 0.6) is 0 Å². The number of aryl methyl sites for hydroxylation is 1. The molecule has 1 nitrogen and oxygen atoms in total. The van der Waals surface area contributed by atoms with E-state index in [1.54, 1.807) is 11.1 Å². The summed E-state index contributed by atoms with van der Waals surface area (Å²) in [7, 11) is 0. The molecular weight excluding hydrogens is 218 g/mol. The van der Waals surface area contributed by atoms with Crippen LogP contribution in [0.3, 0.4) is 0 Å². The fourth-order valence-corrected chi connectivity index (χ4v) is 4.69. The number of benzene rings is 1. The minimum Gasteiger partial charge on any atom is -0.313 e. The normalized spacial score (nSPS) is 36.9. The van der Waals surface area contributed by atoms with E-state index in [9.17, 15) is 0 Å². The summed E-state index contributed by atoms with van der Waals surface area (Å²) in [6.45, 7) is 3.48. The van der Waals surface area contributed by atoms with Crippen LogP contribution in [0.4, 0.5) is 0 Å². The topological polar surface area (TPSA) is 12.0 Å². The molecule has 1 fully saturated rings. The molecule has 0 aromatic heterocycles. The molecule has 1 aromatic rings. The lowest BCUT2D eigenvalue weighted by Crippen LogP contribution is -2.59. The third kappa shape index (κ3) is 1.26. The maximum Gasteiger partial charge on any atom is 0.0147 e. The van der Waals surface area contributed by atoms with Gasteiger partial charge >= 0.3 is 0 Å². The standard InChI is InChI=1S/C17H21N/c1-12-5-4-7-14-13(12)11-16-15-6-2-3-8-17(14,15)9-10-18-16/h2-5,7,15-16,18H,6,8-11H2,1H3/t15-,16+,17-/m0/s1. The number of hydrogen-bond acceptors (Lipinski definition) is 1. The molecular formula is C17H21N. The summed E-state index contributed by atoms with van der Waals surface area (Å²) in [6.07, 6.45) is 9.91. The number of nitrogens with one attached hydrogen (secondary N) is 1. The van der Waals surface area contributed by atoms with Gasteiger partial charge in [-0.15, -0.1) is 0 Å². The average molecular weight is 239 g/mol. The van der Waals surface area contributed by atoms with Crippen LogP contribution >= 0.6 is 0 Å². The van der Waals surface area contributed by atoms with Gasteiger partial charge in [0.1, 0.15) is 0 Å².